The quantitative estimate of drug-likeness (QED) is 0.491. The molecule has 0 aliphatic rings. The Kier molecular flexibility index (Phi) is 4.50. The van der Waals surface area contributed by atoms with Gasteiger partial charge in [0, 0.05) is 11.8 Å². The van der Waals surface area contributed by atoms with E-state index in [0.717, 1.165) is 11.1 Å². The van der Waals surface area contributed by atoms with Crippen molar-refractivity contribution < 1.29 is 9.52 Å². The van der Waals surface area contributed by atoms with E-state index in [0.29, 0.717) is 27.4 Å². The third-order valence-corrected chi connectivity index (χ3v) is 5.15. The van der Waals surface area contributed by atoms with Crippen LogP contribution < -0.4 is 5.43 Å². The monoisotopic (exact) mass is 360 g/mol. The first-order chi connectivity index (χ1) is 12.7. The predicted octanol–water partition coefficient (Wildman–Crippen LogP) is 5.46. The van der Waals surface area contributed by atoms with E-state index in [9.17, 15) is 9.90 Å². The smallest absolute Gasteiger partial charge is 0.201 e. The number of thioether (sulfide) groups is 1. The van der Waals surface area contributed by atoms with Crippen molar-refractivity contribution in [2.24, 2.45) is 0 Å². The number of aromatic hydroxyl groups is 1. The SMILES string of the molecule is O=c1c(-c2ccccc2)c(SCc2ccccc2)oc2cc(O)ccc12. The lowest BCUT2D eigenvalue weighted by atomic mass is 10.1. The summed E-state index contributed by atoms with van der Waals surface area (Å²) >= 11 is 1.48. The summed E-state index contributed by atoms with van der Waals surface area (Å²) in [5.74, 6) is 0.764. The standard InChI is InChI=1S/C22H16O3S/c23-17-11-12-18-19(13-17)25-22(26-14-15-7-3-1-4-8-15)20(21(18)24)16-9-5-2-6-10-16/h1-13,23H,14H2. The molecule has 1 N–H and O–H groups in total. The summed E-state index contributed by atoms with van der Waals surface area (Å²) in [6.45, 7) is 0. The topological polar surface area (TPSA) is 50.4 Å². The highest BCUT2D eigenvalue weighted by atomic mass is 32.2. The molecular weight excluding hydrogens is 344 g/mol. The van der Waals surface area contributed by atoms with E-state index in [4.69, 9.17) is 4.42 Å². The minimum Gasteiger partial charge on any atom is -0.508 e. The van der Waals surface area contributed by atoms with E-state index >= 15 is 0 Å². The van der Waals surface area contributed by atoms with Crippen LogP contribution in [0.4, 0.5) is 0 Å². The fourth-order valence-electron chi connectivity index (χ4n) is 2.84. The number of benzene rings is 3. The van der Waals surface area contributed by atoms with E-state index in [1.165, 1.54) is 23.9 Å². The lowest BCUT2D eigenvalue weighted by molar-refractivity contribution is 0.468. The summed E-state index contributed by atoms with van der Waals surface area (Å²) in [7, 11) is 0. The minimum absolute atomic E-state index is 0.0760. The highest BCUT2D eigenvalue weighted by Crippen LogP contribution is 2.34. The van der Waals surface area contributed by atoms with Gasteiger partial charge in [0.2, 0.25) is 5.43 Å². The molecule has 0 amide bonds. The second kappa shape index (κ2) is 7.10. The van der Waals surface area contributed by atoms with Crippen molar-refractivity contribution in [3.63, 3.8) is 0 Å². The highest BCUT2D eigenvalue weighted by molar-refractivity contribution is 7.98. The second-order valence-electron chi connectivity index (χ2n) is 5.91. The Hall–Kier alpha value is -2.98. The van der Waals surface area contributed by atoms with E-state index in [1.807, 2.05) is 60.7 Å². The number of rotatable bonds is 4. The van der Waals surface area contributed by atoms with Crippen molar-refractivity contribution in [2.45, 2.75) is 10.8 Å². The Labute approximate surface area is 154 Å². The molecule has 0 aliphatic carbocycles. The summed E-state index contributed by atoms with van der Waals surface area (Å²) < 4.78 is 6.03. The molecule has 3 nitrogen and oxygen atoms in total. The molecule has 0 bridgehead atoms. The van der Waals surface area contributed by atoms with E-state index in [1.54, 1.807) is 6.07 Å². The van der Waals surface area contributed by atoms with Gasteiger partial charge in [0.15, 0.2) is 5.09 Å². The maximum atomic E-state index is 13.1. The van der Waals surface area contributed by atoms with E-state index in [-0.39, 0.29) is 11.2 Å². The van der Waals surface area contributed by atoms with Gasteiger partial charge in [0.1, 0.15) is 11.3 Å². The fourth-order valence-corrected chi connectivity index (χ4v) is 3.83. The molecule has 4 rings (SSSR count). The van der Waals surface area contributed by atoms with E-state index in [2.05, 4.69) is 0 Å². The first kappa shape index (κ1) is 16.5. The first-order valence-corrected chi connectivity index (χ1v) is 9.23. The molecular formula is C22H16O3S. The molecule has 0 aliphatic heterocycles. The normalized spacial score (nSPS) is 10.9. The average molecular weight is 360 g/mol. The maximum Gasteiger partial charge on any atom is 0.201 e. The Bertz CT molecular complexity index is 1100. The minimum atomic E-state index is -0.0898. The zero-order valence-corrected chi connectivity index (χ0v) is 14.7. The van der Waals surface area contributed by atoms with Gasteiger partial charge in [0.25, 0.3) is 0 Å². The van der Waals surface area contributed by atoms with Crippen molar-refractivity contribution in [3.05, 3.63) is 94.6 Å². The van der Waals surface area contributed by atoms with Gasteiger partial charge in [-0.3, -0.25) is 4.79 Å². The van der Waals surface area contributed by atoms with Crippen LogP contribution in [0.1, 0.15) is 5.56 Å². The van der Waals surface area contributed by atoms with Gasteiger partial charge in [-0.15, -0.1) is 0 Å². The number of hydrogen-bond acceptors (Lipinski definition) is 4. The van der Waals surface area contributed by atoms with Crippen molar-refractivity contribution >= 4 is 22.7 Å². The van der Waals surface area contributed by atoms with Gasteiger partial charge in [0.05, 0.1) is 10.9 Å². The summed E-state index contributed by atoms with van der Waals surface area (Å²) in [6.07, 6.45) is 0. The number of phenols is 1. The largest absolute Gasteiger partial charge is 0.508 e. The van der Waals surface area contributed by atoms with Gasteiger partial charge in [-0.05, 0) is 23.3 Å². The maximum absolute atomic E-state index is 13.1. The predicted molar refractivity (Wildman–Crippen MR) is 106 cm³/mol. The van der Waals surface area contributed by atoms with Gasteiger partial charge < -0.3 is 9.52 Å². The van der Waals surface area contributed by atoms with Gasteiger partial charge in [-0.1, -0.05) is 72.4 Å². The molecule has 0 radical (unpaired) electrons. The summed E-state index contributed by atoms with van der Waals surface area (Å²) in [5.41, 5.74) is 2.84. The summed E-state index contributed by atoms with van der Waals surface area (Å²) in [5, 5.41) is 10.8. The Balaban J connectivity index is 1.87. The van der Waals surface area contributed by atoms with Crippen LogP contribution in [0.25, 0.3) is 22.1 Å². The zero-order chi connectivity index (χ0) is 17.9. The molecule has 4 aromatic rings. The van der Waals surface area contributed by atoms with Crippen molar-refractivity contribution in [2.75, 3.05) is 0 Å². The molecule has 0 atom stereocenters. The molecule has 4 heteroatoms. The Morgan fingerprint density at radius 3 is 2.31 bits per heavy atom. The molecule has 26 heavy (non-hydrogen) atoms. The average Bonchev–Trinajstić information content (AvgIpc) is 2.67. The van der Waals surface area contributed by atoms with Crippen LogP contribution in [0.2, 0.25) is 0 Å². The van der Waals surface area contributed by atoms with Crippen LogP contribution in [0, 0.1) is 0 Å². The Morgan fingerprint density at radius 2 is 1.58 bits per heavy atom. The fraction of sp³-hybridized carbons (Fsp3) is 0.0455. The third kappa shape index (κ3) is 3.24. The lowest BCUT2D eigenvalue weighted by Crippen LogP contribution is -2.07. The van der Waals surface area contributed by atoms with Crippen molar-refractivity contribution in [1.82, 2.24) is 0 Å². The molecule has 0 saturated carbocycles. The molecule has 0 fully saturated rings. The summed E-state index contributed by atoms with van der Waals surface area (Å²) in [4.78, 5) is 13.1. The van der Waals surface area contributed by atoms with Crippen LogP contribution in [0.3, 0.4) is 0 Å². The number of fused-ring (bicyclic) bond motifs is 1. The van der Waals surface area contributed by atoms with E-state index < -0.39 is 0 Å². The molecule has 1 heterocycles. The van der Waals surface area contributed by atoms with Crippen molar-refractivity contribution in [1.29, 1.82) is 0 Å². The number of hydrogen-bond donors (Lipinski definition) is 1. The molecule has 128 valence electrons. The van der Waals surface area contributed by atoms with Gasteiger partial charge >= 0.3 is 0 Å². The lowest BCUT2D eigenvalue weighted by Gasteiger charge is -2.10. The molecule has 3 aromatic carbocycles. The van der Waals surface area contributed by atoms with Crippen LogP contribution in [0.5, 0.6) is 5.75 Å². The Morgan fingerprint density at radius 1 is 0.885 bits per heavy atom. The first-order valence-electron chi connectivity index (χ1n) is 8.24. The second-order valence-corrected chi connectivity index (χ2v) is 6.86. The van der Waals surface area contributed by atoms with Crippen LogP contribution in [-0.2, 0) is 5.75 Å². The van der Waals surface area contributed by atoms with Crippen LogP contribution >= 0.6 is 11.8 Å². The summed E-state index contributed by atoms with van der Waals surface area (Å²) in [6, 6.07) is 24.2. The number of phenolic OH excluding ortho intramolecular Hbond substituents is 1. The molecule has 0 unspecified atom stereocenters. The van der Waals surface area contributed by atoms with Gasteiger partial charge in [-0.25, -0.2) is 0 Å². The van der Waals surface area contributed by atoms with Crippen LogP contribution in [0.15, 0.2) is 93.2 Å². The molecule has 1 aromatic heterocycles. The third-order valence-electron chi connectivity index (χ3n) is 4.12. The highest BCUT2D eigenvalue weighted by Gasteiger charge is 2.17. The molecule has 0 spiro atoms. The molecule has 0 saturated heterocycles. The van der Waals surface area contributed by atoms with Crippen molar-refractivity contribution in [3.8, 4) is 16.9 Å². The van der Waals surface area contributed by atoms with Gasteiger partial charge in [-0.2, -0.15) is 0 Å². The zero-order valence-electron chi connectivity index (χ0n) is 13.9. The van der Waals surface area contributed by atoms with Crippen LogP contribution in [-0.4, -0.2) is 5.11 Å².